The van der Waals surface area contributed by atoms with Gasteiger partial charge < -0.3 is 9.84 Å². The lowest BCUT2D eigenvalue weighted by atomic mass is 10.1. The summed E-state index contributed by atoms with van der Waals surface area (Å²) < 4.78 is 4.98. The molecule has 0 aliphatic rings. The summed E-state index contributed by atoms with van der Waals surface area (Å²) in [5.74, 6) is -0.589. The van der Waals surface area contributed by atoms with Gasteiger partial charge in [0.15, 0.2) is 5.82 Å². The van der Waals surface area contributed by atoms with Crippen LogP contribution in [0, 0.1) is 6.92 Å². The van der Waals surface area contributed by atoms with Crippen molar-refractivity contribution in [3.8, 4) is 17.3 Å². The van der Waals surface area contributed by atoms with E-state index < -0.39 is 5.97 Å². The molecule has 0 saturated heterocycles. The highest BCUT2D eigenvalue weighted by Gasteiger charge is 2.15. The van der Waals surface area contributed by atoms with Crippen molar-refractivity contribution in [1.29, 1.82) is 0 Å². The zero-order valence-electron chi connectivity index (χ0n) is 10.0. The molecule has 92 valence electrons. The topological polar surface area (TPSA) is 72.3 Å². The summed E-state index contributed by atoms with van der Waals surface area (Å²) in [5.41, 5.74) is 1.82. The normalized spacial score (nSPS) is 10.1. The lowest BCUT2D eigenvalue weighted by molar-refractivity contribution is 0.0692. The highest BCUT2D eigenvalue weighted by atomic mass is 16.5. The van der Waals surface area contributed by atoms with Crippen LogP contribution in [0.15, 0.2) is 30.5 Å². The number of carboxylic acids is 1. The minimum Gasteiger partial charge on any atom is -0.480 e. The lowest BCUT2D eigenvalue weighted by Gasteiger charge is -2.07. The zero-order valence-corrected chi connectivity index (χ0v) is 10.0. The molecule has 0 aliphatic heterocycles. The maximum absolute atomic E-state index is 10.9. The predicted octanol–water partition coefficient (Wildman–Crippen LogP) is 2.16. The van der Waals surface area contributed by atoms with E-state index in [-0.39, 0.29) is 11.4 Å². The van der Waals surface area contributed by atoms with Gasteiger partial charge in [-0.3, -0.25) is 0 Å². The molecule has 2 rings (SSSR count). The molecule has 0 unspecified atom stereocenters. The maximum Gasteiger partial charge on any atom is 0.342 e. The third-order valence-electron chi connectivity index (χ3n) is 2.56. The molecule has 0 aliphatic carbocycles. The van der Waals surface area contributed by atoms with Crippen LogP contribution in [0.25, 0.3) is 11.4 Å². The summed E-state index contributed by atoms with van der Waals surface area (Å²) >= 11 is 0. The van der Waals surface area contributed by atoms with Gasteiger partial charge in [0, 0.05) is 11.8 Å². The fourth-order valence-corrected chi connectivity index (χ4v) is 1.62. The quantitative estimate of drug-likeness (QED) is 0.895. The van der Waals surface area contributed by atoms with Crippen LogP contribution < -0.4 is 4.74 Å². The Labute approximate surface area is 104 Å². The molecule has 1 N–H and O–H groups in total. The number of aromatic nitrogens is 2. The Balaban J connectivity index is 2.55. The van der Waals surface area contributed by atoms with Gasteiger partial charge in [-0.2, -0.15) is 4.98 Å². The highest BCUT2D eigenvalue weighted by Crippen LogP contribution is 2.23. The summed E-state index contributed by atoms with van der Waals surface area (Å²) in [5, 5.41) is 8.95. The van der Waals surface area contributed by atoms with Gasteiger partial charge in [0.2, 0.25) is 5.88 Å². The smallest absolute Gasteiger partial charge is 0.342 e. The molecule has 0 saturated carbocycles. The summed E-state index contributed by atoms with van der Waals surface area (Å²) in [6.07, 6.45) is 1.26. The van der Waals surface area contributed by atoms with E-state index in [1.165, 1.54) is 13.3 Å². The Morgan fingerprint density at radius 3 is 2.67 bits per heavy atom. The van der Waals surface area contributed by atoms with Crippen molar-refractivity contribution in [3.05, 3.63) is 41.6 Å². The van der Waals surface area contributed by atoms with E-state index in [2.05, 4.69) is 9.97 Å². The van der Waals surface area contributed by atoms with E-state index in [0.29, 0.717) is 5.82 Å². The molecule has 0 amide bonds. The molecule has 5 nitrogen and oxygen atoms in total. The SMILES string of the molecule is COc1nc(-c2ccccc2C)ncc1C(=O)O. The van der Waals surface area contributed by atoms with Crippen LogP contribution in [0.1, 0.15) is 15.9 Å². The molecule has 1 aromatic heterocycles. The predicted molar refractivity (Wildman–Crippen MR) is 65.7 cm³/mol. The number of carbonyl (C=O) groups is 1. The first kappa shape index (κ1) is 12.0. The minimum absolute atomic E-state index is 0.0464. The molecule has 2 aromatic rings. The first-order valence-corrected chi connectivity index (χ1v) is 5.34. The fraction of sp³-hybridized carbons (Fsp3) is 0.154. The summed E-state index contributed by atoms with van der Waals surface area (Å²) in [6, 6.07) is 7.62. The highest BCUT2D eigenvalue weighted by molar-refractivity contribution is 5.90. The molecule has 0 spiro atoms. The van der Waals surface area contributed by atoms with Crippen molar-refractivity contribution in [3.63, 3.8) is 0 Å². The Bertz CT molecular complexity index is 597. The van der Waals surface area contributed by atoms with Gasteiger partial charge in [0.05, 0.1) is 7.11 Å². The van der Waals surface area contributed by atoms with Crippen LogP contribution in [-0.4, -0.2) is 28.2 Å². The number of hydrogen-bond donors (Lipinski definition) is 1. The molecule has 0 bridgehead atoms. The van der Waals surface area contributed by atoms with Crippen LogP contribution in [0.3, 0.4) is 0 Å². The molecule has 0 fully saturated rings. The van der Waals surface area contributed by atoms with E-state index in [1.54, 1.807) is 0 Å². The molecule has 5 heteroatoms. The number of benzene rings is 1. The third-order valence-corrected chi connectivity index (χ3v) is 2.56. The Morgan fingerprint density at radius 2 is 2.06 bits per heavy atom. The van der Waals surface area contributed by atoms with Crippen molar-refractivity contribution in [2.75, 3.05) is 7.11 Å². The zero-order chi connectivity index (χ0) is 13.1. The molecule has 0 atom stereocenters. The lowest BCUT2D eigenvalue weighted by Crippen LogP contribution is -2.05. The molecule has 1 heterocycles. The Hall–Kier alpha value is -2.43. The molecule has 1 aromatic carbocycles. The summed E-state index contributed by atoms with van der Waals surface area (Å²) in [7, 11) is 1.39. The Morgan fingerprint density at radius 1 is 1.33 bits per heavy atom. The second-order valence-electron chi connectivity index (χ2n) is 3.74. The van der Waals surface area contributed by atoms with E-state index in [1.807, 2.05) is 31.2 Å². The maximum atomic E-state index is 10.9. The van der Waals surface area contributed by atoms with Gasteiger partial charge in [-0.05, 0) is 12.5 Å². The molecular formula is C13H12N2O3. The number of methoxy groups -OCH3 is 1. The van der Waals surface area contributed by atoms with Gasteiger partial charge in [0.25, 0.3) is 0 Å². The van der Waals surface area contributed by atoms with E-state index in [4.69, 9.17) is 9.84 Å². The number of ether oxygens (including phenoxy) is 1. The van der Waals surface area contributed by atoms with E-state index in [0.717, 1.165) is 11.1 Å². The average molecular weight is 244 g/mol. The Kier molecular flexibility index (Phi) is 3.23. The van der Waals surface area contributed by atoms with E-state index in [9.17, 15) is 4.79 Å². The van der Waals surface area contributed by atoms with Gasteiger partial charge in [0.1, 0.15) is 5.56 Å². The van der Waals surface area contributed by atoms with Crippen LogP contribution in [-0.2, 0) is 0 Å². The molecule has 18 heavy (non-hydrogen) atoms. The van der Waals surface area contributed by atoms with Gasteiger partial charge in [-0.15, -0.1) is 0 Å². The van der Waals surface area contributed by atoms with Crippen LogP contribution in [0.4, 0.5) is 0 Å². The van der Waals surface area contributed by atoms with Crippen molar-refractivity contribution < 1.29 is 14.6 Å². The fourth-order valence-electron chi connectivity index (χ4n) is 1.62. The number of rotatable bonds is 3. The number of carboxylic acid groups (broad SMARTS) is 1. The third kappa shape index (κ3) is 2.15. The van der Waals surface area contributed by atoms with Crippen molar-refractivity contribution in [2.24, 2.45) is 0 Å². The van der Waals surface area contributed by atoms with Gasteiger partial charge in [-0.25, -0.2) is 9.78 Å². The van der Waals surface area contributed by atoms with Crippen LogP contribution >= 0.6 is 0 Å². The summed E-state index contributed by atoms with van der Waals surface area (Å²) in [4.78, 5) is 19.1. The van der Waals surface area contributed by atoms with Crippen molar-refractivity contribution in [2.45, 2.75) is 6.92 Å². The second kappa shape index (κ2) is 4.83. The summed E-state index contributed by atoms with van der Waals surface area (Å²) in [6.45, 7) is 1.94. The van der Waals surface area contributed by atoms with Crippen LogP contribution in [0.2, 0.25) is 0 Å². The van der Waals surface area contributed by atoms with Gasteiger partial charge in [-0.1, -0.05) is 24.3 Å². The monoisotopic (exact) mass is 244 g/mol. The second-order valence-corrected chi connectivity index (χ2v) is 3.74. The molecule has 0 radical (unpaired) electrons. The number of nitrogens with zero attached hydrogens (tertiary/aromatic N) is 2. The van der Waals surface area contributed by atoms with E-state index >= 15 is 0 Å². The van der Waals surface area contributed by atoms with Crippen molar-refractivity contribution in [1.82, 2.24) is 9.97 Å². The first-order valence-electron chi connectivity index (χ1n) is 5.34. The number of aryl methyl sites for hydroxylation is 1. The van der Waals surface area contributed by atoms with Crippen molar-refractivity contribution >= 4 is 5.97 Å². The number of aromatic carboxylic acids is 1. The number of hydrogen-bond acceptors (Lipinski definition) is 4. The molecular weight excluding hydrogens is 232 g/mol. The van der Waals surface area contributed by atoms with Crippen LogP contribution in [0.5, 0.6) is 5.88 Å². The largest absolute Gasteiger partial charge is 0.480 e. The minimum atomic E-state index is -1.11. The first-order chi connectivity index (χ1) is 8.63. The average Bonchev–Trinajstić information content (AvgIpc) is 2.38. The van der Waals surface area contributed by atoms with Gasteiger partial charge >= 0.3 is 5.97 Å². The standard InChI is InChI=1S/C13H12N2O3/c1-8-5-3-4-6-9(8)11-14-7-10(13(16)17)12(15-11)18-2/h3-7H,1-2H3,(H,16,17).